The van der Waals surface area contributed by atoms with Gasteiger partial charge in [0.05, 0.1) is 0 Å². The van der Waals surface area contributed by atoms with Crippen molar-refractivity contribution in [2.24, 2.45) is 0 Å². The Balaban J connectivity index is 2.63. The first kappa shape index (κ1) is 13.0. The van der Waals surface area contributed by atoms with Gasteiger partial charge in [0.15, 0.2) is 0 Å². The van der Waals surface area contributed by atoms with E-state index in [1.807, 2.05) is 0 Å². The molecule has 2 radical (unpaired) electrons. The summed E-state index contributed by atoms with van der Waals surface area (Å²) >= 11 is 0. The van der Waals surface area contributed by atoms with Crippen LogP contribution >= 0.6 is 0 Å². The van der Waals surface area contributed by atoms with Crippen LogP contribution in [0.3, 0.4) is 0 Å². The van der Waals surface area contributed by atoms with E-state index in [2.05, 4.69) is 73.9 Å². The van der Waals surface area contributed by atoms with Crippen LogP contribution in [0.5, 0.6) is 0 Å². The maximum atomic E-state index is 3.87. The van der Waals surface area contributed by atoms with Gasteiger partial charge in [-0.25, -0.2) is 0 Å². The number of hydrogen-bond acceptors (Lipinski definition) is 0. The molecule has 90 valence electrons. The van der Waals surface area contributed by atoms with Gasteiger partial charge >= 0.3 is 0 Å². The van der Waals surface area contributed by atoms with Crippen molar-refractivity contribution in [1.82, 2.24) is 0 Å². The van der Waals surface area contributed by atoms with Crippen LogP contribution in [0.2, 0.25) is 0 Å². The Morgan fingerprint density at radius 3 is 1.22 bits per heavy atom. The second-order valence-corrected chi connectivity index (χ2v) is 5.41. The number of hydrogen-bond donors (Lipinski definition) is 0. The highest BCUT2D eigenvalue weighted by atomic mass is 28.1. The van der Waals surface area contributed by atoms with Crippen molar-refractivity contribution in [2.45, 2.75) is 27.7 Å². The van der Waals surface area contributed by atoms with Crippen LogP contribution in [-0.4, -0.2) is 15.0 Å². The summed E-state index contributed by atoms with van der Waals surface area (Å²) < 4.78 is 0. The summed E-state index contributed by atoms with van der Waals surface area (Å²) in [4.78, 5) is 0. The minimum atomic E-state index is 1.20. The fourth-order valence-corrected chi connectivity index (χ4v) is 3.33. The molecule has 0 aliphatic carbocycles. The third-order valence-corrected chi connectivity index (χ3v) is 3.96. The fourth-order valence-electron chi connectivity index (χ4n) is 2.54. The molecular weight excluding hydrogens is 232 g/mol. The molecule has 0 unspecified atom stereocenters. The minimum absolute atomic E-state index is 1.20. The highest BCUT2D eigenvalue weighted by Crippen LogP contribution is 2.22. The topological polar surface area (TPSA) is 0 Å². The van der Waals surface area contributed by atoms with E-state index in [1.54, 1.807) is 0 Å². The summed E-state index contributed by atoms with van der Waals surface area (Å²) in [5.41, 5.74) is 7.86. The second kappa shape index (κ2) is 5.03. The quantitative estimate of drug-likeness (QED) is 0.714. The molecule has 0 N–H and O–H groups in total. The molecule has 0 heterocycles. The Morgan fingerprint density at radius 1 is 0.667 bits per heavy atom. The zero-order valence-electron chi connectivity index (χ0n) is 11.5. The van der Waals surface area contributed by atoms with Crippen molar-refractivity contribution in [3.8, 4) is 0 Å². The molecule has 0 spiro atoms. The molecule has 2 aromatic rings. The van der Waals surface area contributed by atoms with Crippen LogP contribution in [0.25, 0.3) is 0 Å². The summed E-state index contributed by atoms with van der Waals surface area (Å²) in [7, 11) is 3.87. The lowest BCUT2D eigenvalue weighted by Crippen LogP contribution is -2.11. The largest absolute Gasteiger partial charge is 0.0617 e. The zero-order chi connectivity index (χ0) is 13.3. The van der Waals surface area contributed by atoms with Crippen LogP contribution in [0.4, 0.5) is 0 Å². The first-order chi connectivity index (χ1) is 8.52. The molecule has 0 atom stereocenters. The Bertz CT molecular complexity index is 515. The van der Waals surface area contributed by atoms with E-state index in [9.17, 15) is 0 Å². The van der Waals surface area contributed by atoms with Crippen LogP contribution in [0.1, 0.15) is 33.4 Å². The molecule has 0 saturated heterocycles. The Kier molecular flexibility index (Phi) is 3.62. The van der Waals surface area contributed by atoms with Crippen molar-refractivity contribution < 1.29 is 0 Å². The minimum Gasteiger partial charge on any atom is -0.0617 e. The molecule has 2 aromatic carbocycles. The highest BCUT2D eigenvalue weighted by molar-refractivity contribution is 6.50. The van der Waals surface area contributed by atoms with E-state index < -0.39 is 0 Å². The predicted octanol–water partition coefficient (Wildman–Crippen LogP) is 3.66. The lowest BCUT2D eigenvalue weighted by molar-refractivity contribution is 1.33. The van der Waals surface area contributed by atoms with Crippen molar-refractivity contribution in [2.75, 3.05) is 0 Å². The summed E-state index contributed by atoms with van der Waals surface area (Å²) in [5.74, 6) is 0. The van der Waals surface area contributed by atoms with Crippen molar-refractivity contribution in [3.05, 3.63) is 69.8 Å². The van der Waals surface area contributed by atoms with Crippen LogP contribution in [0, 0.1) is 27.7 Å². The van der Waals surface area contributed by atoms with Crippen molar-refractivity contribution >= 4 is 15.0 Å². The van der Waals surface area contributed by atoms with Crippen LogP contribution in [0.15, 0.2) is 36.4 Å². The molecule has 0 fully saturated rings. The monoisotopic (exact) mass is 250 g/mol. The molecular formula is C17H18Si. The summed E-state index contributed by atoms with van der Waals surface area (Å²) in [6.45, 7) is 8.65. The molecule has 0 saturated carbocycles. The molecule has 1 heteroatoms. The SMILES string of the molecule is Cc1cccc(C)c1C(=[Si])c1c(C)cccc1C. The summed E-state index contributed by atoms with van der Waals surface area (Å²) in [5, 5.41) is 1.20. The van der Waals surface area contributed by atoms with Gasteiger partial charge in [-0.1, -0.05) is 36.4 Å². The molecule has 18 heavy (non-hydrogen) atoms. The third-order valence-electron chi connectivity index (χ3n) is 3.46. The van der Waals surface area contributed by atoms with Gasteiger partial charge in [-0.05, 0) is 66.2 Å². The third kappa shape index (κ3) is 2.23. The van der Waals surface area contributed by atoms with E-state index in [0.29, 0.717) is 0 Å². The molecule has 0 aliphatic rings. The average Bonchev–Trinajstić information content (AvgIpc) is 2.28. The van der Waals surface area contributed by atoms with Gasteiger partial charge in [0.2, 0.25) is 0 Å². The van der Waals surface area contributed by atoms with E-state index >= 15 is 0 Å². The van der Waals surface area contributed by atoms with E-state index in [1.165, 1.54) is 38.5 Å². The standard InChI is InChI=1S/C17H18Si/c1-11-7-5-8-12(2)15(11)17(18)16-13(3)9-6-10-14(16)4/h5-10H,1-4H3. The molecule has 0 nitrogen and oxygen atoms in total. The summed E-state index contributed by atoms with van der Waals surface area (Å²) in [6.07, 6.45) is 0. The average molecular weight is 250 g/mol. The Morgan fingerprint density at radius 2 is 0.944 bits per heavy atom. The lowest BCUT2D eigenvalue weighted by atomic mass is 9.91. The maximum absolute atomic E-state index is 3.87. The van der Waals surface area contributed by atoms with E-state index in [-0.39, 0.29) is 0 Å². The van der Waals surface area contributed by atoms with E-state index in [0.717, 1.165) is 0 Å². The zero-order valence-corrected chi connectivity index (χ0v) is 12.5. The fraction of sp³-hybridized carbons (Fsp3) is 0.235. The van der Waals surface area contributed by atoms with E-state index in [4.69, 9.17) is 0 Å². The van der Waals surface area contributed by atoms with Gasteiger partial charge in [-0.15, -0.1) is 0 Å². The van der Waals surface area contributed by atoms with Gasteiger partial charge in [0.1, 0.15) is 0 Å². The van der Waals surface area contributed by atoms with Gasteiger partial charge in [-0.2, -0.15) is 0 Å². The molecule has 0 amide bonds. The Hall–Kier alpha value is -1.47. The molecule has 0 aliphatic heterocycles. The first-order valence-electron chi connectivity index (χ1n) is 6.24. The van der Waals surface area contributed by atoms with Gasteiger partial charge in [0.25, 0.3) is 0 Å². The molecule has 0 aromatic heterocycles. The molecule has 2 rings (SSSR count). The summed E-state index contributed by atoms with van der Waals surface area (Å²) in [6, 6.07) is 12.9. The first-order valence-corrected chi connectivity index (χ1v) is 6.74. The van der Waals surface area contributed by atoms with Gasteiger partial charge in [-0.3, -0.25) is 0 Å². The maximum Gasteiger partial charge on any atom is 0.0420 e. The lowest BCUT2D eigenvalue weighted by Gasteiger charge is -2.17. The normalized spacial score (nSPS) is 10.4. The predicted molar refractivity (Wildman–Crippen MR) is 80.8 cm³/mol. The smallest absolute Gasteiger partial charge is 0.0420 e. The number of rotatable bonds is 2. The van der Waals surface area contributed by atoms with Crippen molar-refractivity contribution in [3.63, 3.8) is 0 Å². The molecule has 0 bridgehead atoms. The van der Waals surface area contributed by atoms with Crippen LogP contribution < -0.4 is 0 Å². The number of aryl methyl sites for hydroxylation is 4. The second-order valence-electron chi connectivity index (χ2n) is 4.91. The van der Waals surface area contributed by atoms with Crippen LogP contribution in [-0.2, 0) is 0 Å². The van der Waals surface area contributed by atoms with Gasteiger partial charge in [0, 0.05) is 9.85 Å². The van der Waals surface area contributed by atoms with Crippen molar-refractivity contribution in [1.29, 1.82) is 0 Å². The highest BCUT2D eigenvalue weighted by Gasteiger charge is 2.12. The number of benzene rings is 2. The van der Waals surface area contributed by atoms with Gasteiger partial charge < -0.3 is 0 Å². The Labute approximate surface area is 113 Å².